The van der Waals surface area contributed by atoms with Crippen LogP contribution in [0.15, 0.2) is 41.4 Å². The Balaban J connectivity index is 2.58. The third-order valence-electron chi connectivity index (χ3n) is 3.09. The summed E-state index contributed by atoms with van der Waals surface area (Å²) in [6.45, 7) is 5.83. The molecule has 0 fully saturated rings. The average Bonchev–Trinajstić information content (AvgIpc) is 2.71. The van der Waals surface area contributed by atoms with E-state index in [0.717, 1.165) is 16.8 Å². The van der Waals surface area contributed by atoms with Crippen molar-refractivity contribution in [2.24, 2.45) is 0 Å². The van der Waals surface area contributed by atoms with Gasteiger partial charge < -0.3 is 0 Å². The molecule has 0 N–H and O–H groups in total. The Morgan fingerprint density at radius 1 is 1.06 bits per heavy atom. The molecule has 1 heterocycles. The molecule has 0 aliphatic heterocycles. The molecule has 96 valence electrons. The Morgan fingerprint density at radius 2 is 1.67 bits per heavy atom. The van der Waals surface area contributed by atoms with E-state index in [-0.39, 0.29) is 0 Å². The molecule has 0 radical (unpaired) electrons. The normalized spacial score (nSPS) is 11.7. The fraction of sp³-hybridized carbons (Fsp3) is 0.286. The summed E-state index contributed by atoms with van der Waals surface area (Å²) in [6, 6.07) is 8.77. The Labute approximate surface area is 108 Å². The van der Waals surface area contributed by atoms with E-state index >= 15 is 0 Å². The van der Waals surface area contributed by atoms with E-state index in [2.05, 4.69) is 0 Å². The Bertz CT molecular complexity index is 652. The number of nitrogens with zero attached hydrogens (tertiary/aromatic N) is 1. The highest BCUT2D eigenvalue weighted by Crippen LogP contribution is 2.20. The van der Waals surface area contributed by atoms with E-state index in [1.807, 2.05) is 39.0 Å². The van der Waals surface area contributed by atoms with Gasteiger partial charge >= 0.3 is 0 Å². The van der Waals surface area contributed by atoms with E-state index in [1.54, 1.807) is 18.3 Å². The fourth-order valence-electron chi connectivity index (χ4n) is 2.02. The van der Waals surface area contributed by atoms with Crippen LogP contribution in [-0.4, -0.2) is 12.4 Å². The largest absolute Gasteiger partial charge is 0.267 e. The van der Waals surface area contributed by atoms with Crippen LogP contribution < -0.4 is 0 Å². The molecule has 0 saturated heterocycles. The summed E-state index contributed by atoms with van der Waals surface area (Å²) in [7, 11) is -3.46. The van der Waals surface area contributed by atoms with E-state index in [0.29, 0.717) is 11.3 Å². The molecule has 0 saturated carbocycles. The number of aryl methyl sites for hydroxylation is 2. The number of hydrogen-bond acceptors (Lipinski definition) is 2. The van der Waals surface area contributed by atoms with Crippen molar-refractivity contribution in [2.75, 3.05) is 0 Å². The molecule has 0 atom stereocenters. The minimum atomic E-state index is -3.46. The Morgan fingerprint density at radius 3 is 2.22 bits per heavy atom. The first-order chi connectivity index (χ1) is 8.46. The second-order valence-corrected chi connectivity index (χ2v) is 6.23. The van der Waals surface area contributed by atoms with Gasteiger partial charge in [0.05, 0.1) is 4.90 Å². The fourth-order valence-corrected chi connectivity index (χ4v) is 3.51. The highest BCUT2D eigenvalue weighted by Gasteiger charge is 2.19. The van der Waals surface area contributed by atoms with Crippen LogP contribution in [0.25, 0.3) is 0 Å². The molecular formula is C14H17NO2S. The lowest BCUT2D eigenvalue weighted by Crippen LogP contribution is -2.14. The molecular weight excluding hydrogens is 246 g/mol. The van der Waals surface area contributed by atoms with Crippen molar-refractivity contribution in [1.82, 2.24) is 3.97 Å². The first-order valence-electron chi connectivity index (χ1n) is 5.96. The quantitative estimate of drug-likeness (QED) is 0.854. The zero-order valence-corrected chi connectivity index (χ0v) is 11.7. The first-order valence-corrected chi connectivity index (χ1v) is 7.40. The van der Waals surface area contributed by atoms with Gasteiger partial charge in [0.15, 0.2) is 0 Å². The number of hydrogen-bond donors (Lipinski definition) is 0. The summed E-state index contributed by atoms with van der Waals surface area (Å²) in [6.07, 6.45) is 2.33. The van der Waals surface area contributed by atoms with Gasteiger partial charge in [-0.1, -0.05) is 24.6 Å². The maximum absolute atomic E-state index is 12.5. The molecule has 0 amide bonds. The number of rotatable bonds is 3. The monoisotopic (exact) mass is 263 g/mol. The molecule has 2 aromatic rings. The van der Waals surface area contributed by atoms with Crippen molar-refractivity contribution in [2.45, 2.75) is 32.1 Å². The van der Waals surface area contributed by atoms with Crippen molar-refractivity contribution in [3.63, 3.8) is 0 Å². The van der Waals surface area contributed by atoms with Crippen LogP contribution in [0.2, 0.25) is 0 Å². The number of benzene rings is 1. The minimum absolute atomic E-state index is 0.332. The Hall–Kier alpha value is -1.55. The van der Waals surface area contributed by atoms with Crippen molar-refractivity contribution < 1.29 is 8.42 Å². The zero-order chi connectivity index (χ0) is 13.3. The lowest BCUT2D eigenvalue weighted by molar-refractivity contribution is 0.585. The van der Waals surface area contributed by atoms with Gasteiger partial charge in [0, 0.05) is 11.9 Å². The highest BCUT2D eigenvalue weighted by atomic mass is 32.2. The lowest BCUT2D eigenvalue weighted by atomic mass is 10.2. The van der Waals surface area contributed by atoms with Crippen LogP contribution in [0, 0.1) is 13.8 Å². The molecule has 4 heteroatoms. The van der Waals surface area contributed by atoms with Crippen molar-refractivity contribution in [1.29, 1.82) is 0 Å². The van der Waals surface area contributed by atoms with Crippen LogP contribution in [0.4, 0.5) is 0 Å². The van der Waals surface area contributed by atoms with Crippen LogP contribution in [0.5, 0.6) is 0 Å². The molecule has 3 nitrogen and oxygen atoms in total. The first kappa shape index (κ1) is 12.9. The summed E-state index contributed by atoms with van der Waals surface area (Å²) in [5.74, 6) is 0. The molecule has 0 aliphatic rings. The molecule has 0 spiro atoms. The van der Waals surface area contributed by atoms with Crippen LogP contribution in [0.3, 0.4) is 0 Å². The van der Waals surface area contributed by atoms with Gasteiger partial charge in [0.25, 0.3) is 10.0 Å². The van der Waals surface area contributed by atoms with Crippen LogP contribution in [0.1, 0.15) is 23.7 Å². The summed E-state index contributed by atoms with van der Waals surface area (Å²) in [5.41, 5.74) is 2.90. The molecule has 1 aromatic heterocycles. The predicted molar refractivity (Wildman–Crippen MR) is 72.3 cm³/mol. The van der Waals surface area contributed by atoms with Gasteiger partial charge in [0.1, 0.15) is 0 Å². The topological polar surface area (TPSA) is 39.1 Å². The summed E-state index contributed by atoms with van der Waals surface area (Å²) < 4.78 is 26.4. The van der Waals surface area contributed by atoms with Gasteiger partial charge in [0.2, 0.25) is 0 Å². The van der Waals surface area contributed by atoms with E-state index in [1.165, 1.54) is 3.97 Å². The van der Waals surface area contributed by atoms with Gasteiger partial charge in [-0.05, 0) is 44.0 Å². The second kappa shape index (κ2) is 4.61. The third kappa shape index (κ3) is 2.08. The molecule has 1 aromatic carbocycles. The molecule has 2 rings (SSSR count). The molecule has 0 unspecified atom stereocenters. The SMILES string of the molecule is CCc1c(C)ccn1S(=O)(=O)c1ccc(C)cc1. The smallest absolute Gasteiger partial charge is 0.246 e. The van der Waals surface area contributed by atoms with Gasteiger partial charge in [-0.2, -0.15) is 0 Å². The van der Waals surface area contributed by atoms with Crippen molar-refractivity contribution in [3.05, 3.63) is 53.3 Å². The lowest BCUT2D eigenvalue weighted by Gasteiger charge is -2.10. The van der Waals surface area contributed by atoms with Gasteiger partial charge in [-0.15, -0.1) is 0 Å². The van der Waals surface area contributed by atoms with Crippen molar-refractivity contribution >= 4 is 10.0 Å². The Kier molecular flexibility index (Phi) is 3.30. The number of aromatic nitrogens is 1. The van der Waals surface area contributed by atoms with Crippen molar-refractivity contribution in [3.8, 4) is 0 Å². The molecule has 0 aliphatic carbocycles. The summed E-state index contributed by atoms with van der Waals surface area (Å²) in [5, 5.41) is 0. The van der Waals surface area contributed by atoms with E-state index in [4.69, 9.17) is 0 Å². The predicted octanol–water partition coefficient (Wildman–Crippen LogP) is 2.90. The molecule has 0 bridgehead atoms. The molecule has 18 heavy (non-hydrogen) atoms. The van der Waals surface area contributed by atoms with Gasteiger partial charge in [-0.3, -0.25) is 0 Å². The zero-order valence-electron chi connectivity index (χ0n) is 10.8. The van der Waals surface area contributed by atoms with Crippen LogP contribution in [-0.2, 0) is 16.4 Å². The minimum Gasteiger partial charge on any atom is -0.246 e. The maximum Gasteiger partial charge on any atom is 0.267 e. The van der Waals surface area contributed by atoms with Crippen LogP contribution >= 0.6 is 0 Å². The van der Waals surface area contributed by atoms with E-state index < -0.39 is 10.0 Å². The standard InChI is InChI=1S/C14H17NO2S/c1-4-14-12(3)9-10-15(14)18(16,17)13-7-5-11(2)6-8-13/h5-10H,4H2,1-3H3. The summed E-state index contributed by atoms with van der Waals surface area (Å²) >= 11 is 0. The third-order valence-corrected chi connectivity index (χ3v) is 4.82. The maximum atomic E-state index is 12.5. The van der Waals surface area contributed by atoms with Gasteiger partial charge in [-0.25, -0.2) is 12.4 Å². The summed E-state index contributed by atoms with van der Waals surface area (Å²) in [4.78, 5) is 0.332. The second-order valence-electron chi connectivity index (χ2n) is 4.41. The highest BCUT2D eigenvalue weighted by molar-refractivity contribution is 7.90. The van der Waals surface area contributed by atoms with E-state index in [9.17, 15) is 8.42 Å². The average molecular weight is 263 g/mol.